The molecule has 1 amide bonds. The van der Waals surface area contributed by atoms with E-state index in [0.29, 0.717) is 23.7 Å². The fourth-order valence-corrected chi connectivity index (χ4v) is 5.24. The van der Waals surface area contributed by atoms with Crippen LogP contribution in [0.4, 0.5) is 5.82 Å². The number of para-hydroxylation sites is 1. The van der Waals surface area contributed by atoms with Crippen LogP contribution in [-0.4, -0.2) is 42.9 Å². The van der Waals surface area contributed by atoms with E-state index in [-0.39, 0.29) is 17.9 Å². The number of hydrogen-bond acceptors (Lipinski definition) is 5. The zero-order chi connectivity index (χ0) is 29.9. The Labute approximate surface area is 247 Å². The molecule has 0 aliphatic heterocycles. The second-order valence-electron chi connectivity index (χ2n) is 10.3. The van der Waals surface area contributed by atoms with Crippen LogP contribution < -0.4 is 10.6 Å². The van der Waals surface area contributed by atoms with Gasteiger partial charge >= 0.3 is 5.97 Å². The Morgan fingerprint density at radius 1 is 0.884 bits per heavy atom. The van der Waals surface area contributed by atoms with Gasteiger partial charge in [0.25, 0.3) is 5.91 Å². The summed E-state index contributed by atoms with van der Waals surface area (Å²) in [5.41, 5.74) is 4.82. The first-order valence-electron chi connectivity index (χ1n) is 13.9. The summed E-state index contributed by atoms with van der Waals surface area (Å²) in [5, 5.41) is 16.8. The number of carbonyl (C=O) groups is 3. The summed E-state index contributed by atoms with van der Waals surface area (Å²) in [6.07, 6.45) is 3.69. The molecule has 0 saturated heterocycles. The van der Waals surface area contributed by atoms with Gasteiger partial charge in [-0.3, -0.25) is 18.6 Å². The van der Waals surface area contributed by atoms with Crippen LogP contribution in [0.1, 0.15) is 33.2 Å². The quantitative estimate of drug-likeness (QED) is 0.206. The van der Waals surface area contributed by atoms with Gasteiger partial charge in [-0.25, -0.2) is 9.78 Å². The molecule has 9 heteroatoms. The first kappa shape index (κ1) is 27.5. The molecule has 0 aliphatic carbocycles. The first-order chi connectivity index (χ1) is 20.9. The minimum absolute atomic E-state index is 0.118. The molecule has 0 bridgehead atoms. The first-order valence-corrected chi connectivity index (χ1v) is 13.9. The number of nitrogens with zero attached hydrogens (tertiary/aromatic N) is 3. The molecule has 214 valence electrons. The maximum absolute atomic E-state index is 13.3. The average molecular weight is 572 g/mol. The number of carbonyl (C=O) groups excluding carboxylic acids is 2. The molecule has 0 spiro atoms. The van der Waals surface area contributed by atoms with E-state index in [1.54, 1.807) is 29.1 Å². The summed E-state index contributed by atoms with van der Waals surface area (Å²) in [6.45, 7) is 2.04. The van der Waals surface area contributed by atoms with Gasteiger partial charge in [0, 0.05) is 48.8 Å². The molecule has 43 heavy (non-hydrogen) atoms. The maximum Gasteiger partial charge on any atom is 0.326 e. The number of benzene rings is 3. The van der Waals surface area contributed by atoms with Crippen molar-refractivity contribution in [2.75, 3.05) is 5.32 Å². The van der Waals surface area contributed by atoms with Gasteiger partial charge in [-0.1, -0.05) is 78.9 Å². The summed E-state index contributed by atoms with van der Waals surface area (Å²) in [6, 6.07) is 28.9. The highest BCUT2D eigenvalue weighted by Crippen LogP contribution is 2.36. The predicted octanol–water partition coefficient (Wildman–Crippen LogP) is 5.65. The van der Waals surface area contributed by atoms with Gasteiger partial charge in [-0.05, 0) is 29.3 Å². The van der Waals surface area contributed by atoms with Crippen molar-refractivity contribution in [2.24, 2.45) is 0 Å². The predicted molar refractivity (Wildman–Crippen MR) is 165 cm³/mol. The zero-order valence-corrected chi connectivity index (χ0v) is 23.4. The Hall–Kier alpha value is -5.70. The zero-order valence-electron chi connectivity index (χ0n) is 23.4. The third-order valence-corrected chi connectivity index (χ3v) is 7.38. The van der Waals surface area contributed by atoms with E-state index in [2.05, 4.69) is 10.6 Å². The molecular formula is C34H29N5O4. The van der Waals surface area contributed by atoms with Crippen molar-refractivity contribution < 1.29 is 19.5 Å². The van der Waals surface area contributed by atoms with Gasteiger partial charge in [0.05, 0.1) is 5.52 Å². The van der Waals surface area contributed by atoms with Crippen LogP contribution in [0.15, 0.2) is 109 Å². The number of nitrogens with one attached hydrogen (secondary N) is 2. The highest BCUT2D eigenvalue weighted by atomic mass is 16.4. The largest absolute Gasteiger partial charge is 0.480 e. The van der Waals surface area contributed by atoms with E-state index in [1.165, 1.54) is 6.92 Å². The number of rotatable bonds is 9. The SMILES string of the molecule is CC(=O)n1cc(-c2nc3cc(C(=O)NC(Cc4ccccc4)C(=O)O)ccn3c2NCc2ccccc2)c2ccccc21. The van der Waals surface area contributed by atoms with Gasteiger partial charge < -0.3 is 15.7 Å². The number of carboxylic acids is 1. The Kier molecular flexibility index (Phi) is 7.44. The van der Waals surface area contributed by atoms with Gasteiger partial charge in [0.15, 0.2) is 0 Å². The van der Waals surface area contributed by atoms with Crippen LogP contribution in [0.3, 0.4) is 0 Å². The number of aliphatic carboxylic acids is 1. The van der Waals surface area contributed by atoms with Crippen molar-refractivity contribution in [3.05, 3.63) is 126 Å². The maximum atomic E-state index is 13.3. The Balaban J connectivity index is 1.39. The van der Waals surface area contributed by atoms with Crippen molar-refractivity contribution in [1.29, 1.82) is 0 Å². The van der Waals surface area contributed by atoms with E-state index in [1.807, 2.05) is 89.3 Å². The summed E-state index contributed by atoms with van der Waals surface area (Å²) < 4.78 is 3.46. The molecule has 3 aromatic heterocycles. The van der Waals surface area contributed by atoms with Gasteiger partial charge in [0.1, 0.15) is 23.2 Å². The molecule has 3 heterocycles. The van der Waals surface area contributed by atoms with Crippen LogP contribution in [-0.2, 0) is 17.8 Å². The lowest BCUT2D eigenvalue weighted by atomic mass is 10.1. The second-order valence-corrected chi connectivity index (χ2v) is 10.3. The molecule has 6 aromatic rings. The van der Waals surface area contributed by atoms with E-state index in [0.717, 1.165) is 27.6 Å². The molecule has 1 unspecified atom stereocenters. The lowest BCUT2D eigenvalue weighted by molar-refractivity contribution is -0.139. The van der Waals surface area contributed by atoms with Crippen molar-refractivity contribution in [1.82, 2.24) is 19.3 Å². The van der Waals surface area contributed by atoms with Crippen molar-refractivity contribution in [2.45, 2.75) is 25.9 Å². The number of aromatic nitrogens is 3. The number of fused-ring (bicyclic) bond motifs is 2. The third-order valence-electron chi connectivity index (χ3n) is 7.38. The van der Waals surface area contributed by atoms with E-state index >= 15 is 0 Å². The van der Waals surface area contributed by atoms with Crippen molar-refractivity contribution in [3.63, 3.8) is 0 Å². The highest BCUT2D eigenvalue weighted by molar-refractivity contribution is 6.03. The number of pyridine rings is 1. The minimum Gasteiger partial charge on any atom is -0.480 e. The summed E-state index contributed by atoms with van der Waals surface area (Å²) in [5.74, 6) is -1.05. The highest BCUT2D eigenvalue weighted by Gasteiger charge is 2.23. The molecule has 0 aliphatic rings. The van der Waals surface area contributed by atoms with Crippen LogP contribution in [0.25, 0.3) is 27.8 Å². The topological polar surface area (TPSA) is 118 Å². The minimum atomic E-state index is -1.12. The number of anilines is 1. The van der Waals surface area contributed by atoms with E-state index < -0.39 is 17.9 Å². The Bertz CT molecular complexity index is 1960. The van der Waals surface area contributed by atoms with Crippen LogP contribution >= 0.6 is 0 Å². The number of hydrogen-bond donors (Lipinski definition) is 3. The molecule has 1 atom stereocenters. The summed E-state index contributed by atoms with van der Waals surface area (Å²) in [7, 11) is 0. The number of amides is 1. The van der Waals surface area contributed by atoms with Gasteiger partial charge in [-0.15, -0.1) is 0 Å². The van der Waals surface area contributed by atoms with Crippen LogP contribution in [0, 0.1) is 0 Å². The third kappa shape index (κ3) is 5.60. The average Bonchev–Trinajstić information content (AvgIpc) is 3.59. The molecule has 0 radical (unpaired) electrons. The second kappa shape index (κ2) is 11.7. The van der Waals surface area contributed by atoms with Crippen LogP contribution in [0.2, 0.25) is 0 Å². The van der Waals surface area contributed by atoms with E-state index in [4.69, 9.17) is 4.98 Å². The monoisotopic (exact) mass is 571 g/mol. The molecular weight excluding hydrogens is 542 g/mol. The van der Waals surface area contributed by atoms with Crippen molar-refractivity contribution in [3.8, 4) is 11.3 Å². The van der Waals surface area contributed by atoms with Crippen molar-refractivity contribution >= 4 is 40.2 Å². The standard InChI is InChI=1S/C34H29N5O4/c1-22(40)39-21-27(26-14-8-9-15-29(26)39)31-32(35-20-24-12-6-3-7-13-24)38-17-16-25(19-30(38)37-31)33(41)36-28(34(42)43)18-23-10-4-2-5-11-23/h2-17,19,21,28,35H,18,20H2,1H3,(H,36,41)(H,42,43). The van der Waals surface area contributed by atoms with Gasteiger partial charge in [0.2, 0.25) is 5.91 Å². The smallest absolute Gasteiger partial charge is 0.326 e. The Morgan fingerprint density at radius 3 is 2.26 bits per heavy atom. The normalized spacial score (nSPS) is 11.8. The molecule has 0 saturated carbocycles. The van der Waals surface area contributed by atoms with Crippen LogP contribution in [0.5, 0.6) is 0 Å². The number of carboxylic acid groups (broad SMARTS) is 1. The summed E-state index contributed by atoms with van der Waals surface area (Å²) in [4.78, 5) is 42.6. The molecule has 6 rings (SSSR count). The lowest BCUT2D eigenvalue weighted by Crippen LogP contribution is -2.42. The molecule has 9 nitrogen and oxygen atoms in total. The summed E-state index contributed by atoms with van der Waals surface area (Å²) >= 11 is 0. The Morgan fingerprint density at radius 2 is 1.56 bits per heavy atom. The fourth-order valence-electron chi connectivity index (χ4n) is 5.24. The molecule has 0 fully saturated rings. The van der Waals surface area contributed by atoms with Gasteiger partial charge in [-0.2, -0.15) is 0 Å². The fraction of sp³-hybridized carbons (Fsp3) is 0.118. The lowest BCUT2D eigenvalue weighted by Gasteiger charge is -2.15. The molecule has 3 N–H and O–H groups in total. The number of imidazole rings is 1. The molecule has 3 aromatic carbocycles. The van der Waals surface area contributed by atoms with E-state index in [9.17, 15) is 19.5 Å².